The lowest BCUT2D eigenvalue weighted by Gasteiger charge is -2.18. The fourth-order valence-electron chi connectivity index (χ4n) is 3.76. The topological polar surface area (TPSA) is 91.8 Å². The first-order chi connectivity index (χ1) is 17.6. The van der Waals surface area contributed by atoms with Crippen LogP contribution < -0.4 is 10.1 Å². The molecule has 0 saturated carbocycles. The van der Waals surface area contributed by atoms with Gasteiger partial charge in [0, 0.05) is 28.3 Å². The van der Waals surface area contributed by atoms with Crippen LogP contribution in [0, 0.1) is 5.92 Å². The first-order valence-corrected chi connectivity index (χ1v) is 12.7. The number of carboxylic acids is 1. The minimum absolute atomic E-state index is 0. The van der Waals surface area contributed by atoms with Crippen molar-refractivity contribution in [2.45, 2.75) is 26.3 Å². The number of aromatic nitrogens is 1. The van der Waals surface area contributed by atoms with Gasteiger partial charge >= 0.3 is 5.97 Å². The lowest BCUT2D eigenvalue weighted by Crippen LogP contribution is -2.44. The van der Waals surface area contributed by atoms with Crippen molar-refractivity contribution in [2.75, 3.05) is 27.2 Å². The average Bonchev–Trinajstić information content (AvgIpc) is 2.85. The Labute approximate surface area is 239 Å². The molecule has 0 bridgehead atoms. The Balaban J connectivity index is 0.00000507. The van der Waals surface area contributed by atoms with Crippen molar-refractivity contribution in [2.24, 2.45) is 5.92 Å². The highest BCUT2D eigenvalue weighted by atomic mass is 35.5. The molecule has 0 aliphatic heterocycles. The van der Waals surface area contributed by atoms with E-state index >= 15 is 0 Å². The van der Waals surface area contributed by atoms with Crippen LogP contribution in [0.15, 0.2) is 54.6 Å². The van der Waals surface area contributed by atoms with E-state index in [1.807, 2.05) is 32.3 Å². The molecule has 204 valence electrons. The number of nitrogens with zero attached hydrogens (tertiary/aromatic N) is 2. The Morgan fingerprint density at radius 2 is 1.74 bits per heavy atom. The summed E-state index contributed by atoms with van der Waals surface area (Å²) in [4.78, 5) is 31.3. The van der Waals surface area contributed by atoms with Crippen LogP contribution in [0.4, 0.5) is 0 Å². The van der Waals surface area contributed by atoms with Crippen LogP contribution in [-0.2, 0) is 4.79 Å². The molecule has 1 aromatic heterocycles. The van der Waals surface area contributed by atoms with Gasteiger partial charge in [-0.25, -0.2) is 9.78 Å². The molecule has 1 amide bonds. The largest absolute Gasteiger partial charge is 0.492 e. The van der Waals surface area contributed by atoms with Crippen molar-refractivity contribution in [1.29, 1.82) is 0 Å². The van der Waals surface area contributed by atoms with Crippen LogP contribution in [0.25, 0.3) is 22.4 Å². The van der Waals surface area contributed by atoms with Gasteiger partial charge in [0.15, 0.2) is 0 Å². The van der Waals surface area contributed by atoms with Crippen molar-refractivity contribution in [3.63, 3.8) is 0 Å². The van der Waals surface area contributed by atoms with Crippen LogP contribution in [0.3, 0.4) is 0 Å². The van der Waals surface area contributed by atoms with Crippen LogP contribution in [0.2, 0.25) is 10.0 Å². The average molecular weight is 581 g/mol. The fourth-order valence-corrected chi connectivity index (χ4v) is 4.17. The number of ether oxygens (including phenoxy) is 1. The zero-order chi connectivity index (χ0) is 27.1. The summed E-state index contributed by atoms with van der Waals surface area (Å²) in [6.07, 6.45) is 0.826. The summed E-state index contributed by atoms with van der Waals surface area (Å²) in [7, 11) is 4.00. The number of carbonyl (C=O) groups is 2. The number of halogens is 3. The van der Waals surface area contributed by atoms with Gasteiger partial charge in [-0.05, 0) is 56.8 Å². The van der Waals surface area contributed by atoms with Gasteiger partial charge < -0.3 is 20.1 Å². The van der Waals surface area contributed by atoms with Crippen LogP contribution in [0.1, 0.15) is 30.8 Å². The highest BCUT2D eigenvalue weighted by Crippen LogP contribution is 2.37. The quantitative estimate of drug-likeness (QED) is 0.258. The number of hydrogen-bond donors (Lipinski definition) is 2. The highest BCUT2D eigenvalue weighted by Gasteiger charge is 2.25. The number of carbonyl (C=O) groups excluding carboxylic acids is 1. The number of aliphatic carboxylic acids is 1. The van der Waals surface area contributed by atoms with Crippen molar-refractivity contribution in [3.8, 4) is 28.1 Å². The molecule has 7 nitrogen and oxygen atoms in total. The molecule has 0 saturated heterocycles. The zero-order valence-corrected chi connectivity index (χ0v) is 24.0. The first-order valence-electron chi connectivity index (χ1n) is 12.0. The second-order valence-electron chi connectivity index (χ2n) is 9.26. The van der Waals surface area contributed by atoms with Crippen molar-refractivity contribution in [1.82, 2.24) is 15.2 Å². The smallest absolute Gasteiger partial charge is 0.326 e. The van der Waals surface area contributed by atoms with E-state index in [0.717, 1.165) is 18.5 Å². The monoisotopic (exact) mass is 579 g/mol. The molecule has 0 spiro atoms. The summed E-state index contributed by atoms with van der Waals surface area (Å²) in [6.45, 7) is 4.82. The Bertz CT molecular complexity index is 1270. The molecule has 0 radical (unpaired) electrons. The molecular weight excluding hydrogens is 549 g/mol. The minimum Gasteiger partial charge on any atom is -0.492 e. The molecular formula is C28H32Cl3N3O4. The van der Waals surface area contributed by atoms with Crippen LogP contribution in [0.5, 0.6) is 5.75 Å². The number of rotatable bonds is 11. The molecule has 0 aliphatic carbocycles. The molecule has 2 aromatic carbocycles. The lowest BCUT2D eigenvalue weighted by atomic mass is 9.98. The second-order valence-corrected chi connectivity index (χ2v) is 10.1. The van der Waals surface area contributed by atoms with E-state index in [4.69, 9.17) is 27.9 Å². The Morgan fingerprint density at radius 1 is 1.03 bits per heavy atom. The van der Waals surface area contributed by atoms with Crippen LogP contribution in [-0.4, -0.2) is 60.2 Å². The van der Waals surface area contributed by atoms with E-state index < -0.39 is 17.9 Å². The maximum atomic E-state index is 13.0. The van der Waals surface area contributed by atoms with E-state index in [-0.39, 0.29) is 24.0 Å². The standard InChI is InChI=1S/C28H31Cl2N3O4.ClH/c1-17(2)25(28(35)36)32-27(34)23-13-11-20(19-8-5-6-9-21(19)29)26(31-23)18-10-12-22(30)24(16-18)37-15-7-14-33(3)4;/h5-6,8-13,16-17,25H,7,14-15H2,1-4H3,(H,32,34)(H,35,36);1H/t25-;/m1./s1. The van der Waals surface area contributed by atoms with E-state index in [1.165, 1.54) is 0 Å². The summed E-state index contributed by atoms with van der Waals surface area (Å²) >= 11 is 12.9. The van der Waals surface area contributed by atoms with Gasteiger partial charge in [-0.15, -0.1) is 12.4 Å². The minimum atomic E-state index is -1.11. The van der Waals surface area contributed by atoms with Gasteiger partial charge in [0.1, 0.15) is 17.5 Å². The number of pyridine rings is 1. The molecule has 3 rings (SSSR count). The highest BCUT2D eigenvalue weighted by molar-refractivity contribution is 6.33. The fraction of sp³-hybridized carbons (Fsp3) is 0.321. The molecule has 0 fully saturated rings. The van der Waals surface area contributed by atoms with Crippen LogP contribution >= 0.6 is 35.6 Å². The maximum absolute atomic E-state index is 13.0. The summed E-state index contributed by atoms with van der Waals surface area (Å²) in [5, 5.41) is 13.1. The number of benzene rings is 2. The van der Waals surface area contributed by atoms with Gasteiger partial charge in [0.25, 0.3) is 5.91 Å². The van der Waals surface area contributed by atoms with E-state index in [2.05, 4.69) is 15.2 Å². The third-order valence-corrected chi connectivity index (χ3v) is 6.36. The second kappa shape index (κ2) is 14.4. The number of carboxylic acid groups (broad SMARTS) is 1. The molecule has 3 aromatic rings. The zero-order valence-electron chi connectivity index (χ0n) is 21.7. The van der Waals surface area contributed by atoms with Gasteiger partial charge in [-0.3, -0.25) is 4.79 Å². The third kappa shape index (κ3) is 8.08. The Hall–Kier alpha value is -2.84. The Kier molecular flexibility index (Phi) is 11.9. The SMILES string of the molecule is CC(C)[C@@H](NC(=O)c1ccc(-c2ccccc2Cl)c(-c2ccc(Cl)c(OCCCN(C)C)c2)n1)C(=O)O.Cl. The number of hydrogen-bond acceptors (Lipinski definition) is 5. The van der Waals surface area contributed by atoms with Gasteiger partial charge in [-0.1, -0.05) is 61.3 Å². The Morgan fingerprint density at radius 3 is 2.37 bits per heavy atom. The van der Waals surface area contributed by atoms with Gasteiger partial charge in [0.2, 0.25) is 0 Å². The maximum Gasteiger partial charge on any atom is 0.326 e. The van der Waals surface area contributed by atoms with E-state index in [1.54, 1.807) is 50.2 Å². The van der Waals surface area contributed by atoms with E-state index in [0.29, 0.717) is 39.2 Å². The number of nitrogens with one attached hydrogen (secondary N) is 1. The predicted molar refractivity (Wildman–Crippen MR) is 155 cm³/mol. The summed E-state index contributed by atoms with van der Waals surface area (Å²) in [6, 6.07) is 14.9. The molecule has 38 heavy (non-hydrogen) atoms. The van der Waals surface area contributed by atoms with Gasteiger partial charge in [-0.2, -0.15) is 0 Å². The van der Waals surface area contributed by atoms with Gasteiger partial charge in [0.05, 0.1) is 17.3 Å². The third-order valence-electron chi connectivity index (χ3n) is 5.72. The summed E-state index contributed by atoms with van der Waals surface area (Å²) < 4.78 is 5.94. The summed E-state index contributed by atoms with van der Waals surface area (Å²) in [5.74, 6) is -1.48. The lowest BCUT2D eigenvalue weighted by molar-refractivity contribution is -0.140. The normalized spacial score (nSPS) is 11.7. The van der Waals surface area contributed by atoms with E-state index in [9.17, 15) is 14.7 Å². The van der Waals surface area contributed by atoms with Crippen molar-refractivity contribution in [3.05, 3.63) is 70.3 Å². The van der Waals surface area contributed by atoms with Crippen molar-refractivity contribution < 1.29 is 19.4 Å². The number of amides is 1. The summed E-state index contributed by atoms with van der Waals surface area (Å²) in [5.41, 5.74) is 2.71. The molecule has 1 heterocycles. The molecule has 10 heteroatoms. The molecule has 1 atom stereocenters. The first kappa shape index (κ1) is 31.4. The molecule has 0 aliphatic rings. The molecule has 0 unspecified atom stereocenters. The predicted octanol–water partition coefficient (Wildman–Crippen LogP) is 6.31. The van der Waals surface area contributed by atoms with Crippen molar-refractivity contribution >= 4 is 47.5 Å². The molecule has 2 N–H and O–H groups in total.